The van der Waals surface area contributed by atoms with E-state index in [1.54, 1.807) is 18.2 Å². The Hall–Kier alpha value is -3.18. The monoisotopic (exact) mass is 392 g/mol. The molecule has 3 rings (SSSR count). The van der Waals surface area contributed by atoms with E-state index in [4.69, 9.17) is 22.6 Å². The van der Waals surface area contributed by atoms with Gasteiger partial charge in [0.05, 0.1) is 16.2 Å². The molecule has 140 valence electrons. The molecule has 0 bridgehead atoms. The van der Waals surface area contributed by atoms with Gasteiger partial charge in [0.25, 0.3) is 0 Å². The Bertz CT molecular complexity index is 1040. The number of H-pyrrole nitrogens is 1. The highest BCUT2D eigenvalue weighted by Crippen LogP contribution is 2.35. The summed E-state index contributed by atoms with van der Waals surface area (Å²) >= 11 is 5.84. The number of anilines is 1. The number of halogens is 3. The lowest BCUT2D eigenvalue weighted by molar-refractivity contribution is 0.0548. The number of aromatic nitrogens is 2. The second-order valence-corrected chi connectivity index (χ2v) is 5.33. The zero-order chi connectivity index (χ0) is 20.1. The number of rotatable bonds is 3. The average Bonchev–Trinajstić information content (AvgIpc) is 3.17. The Morgan fingerprint density at radius 3 is 2.70 bits per heavy atom. The Morgan fingerprint density at radius 1 is 1.33 bits per heavy atom. The molecule has 1 aromatic carbocycles. The van der Waals surface area contributed by atoms with Crippen LogP contribution in [0.4, 0.5) is 14.5 Å². The Kier molecular flexibility index (Phi) is 6.32. The first-order valence-electron chi connectivity index (χ1n) is 7.90. The van der Waals surface area contributed by atoms with Gasteiger partial charge in [0.1, 0.15) is 11.8 Å². The summed E-state index contributed by atoms with van der Waals surface area (Å²) in [6.07, 6.45) is 1.53. The number of hydrogen-bond acceptors (Lipinski definition) is 5. The van der Waals surface area contributed by atoms with Crippen LogP contribution in [-0.4, -0.2) is 22.5 Å². The molecule has 0 saturated carbocycles. The topological polar surface area (TPSA) is 105 Å². The molecule has 0 atom stereocenters. The van der Waals surface area contributed by atoms with Crippen LogP contribution in [0.3, 0.4) is 0 Å². The molecule has 0 unspecified atom stereocenters. The number of nitrogens with two attached hydrogens (primary N) is 1. The van der Waals surface area contributed by atoms with Crippen LogP contribution in [0, 0.1) is 23.0 Å². The number of nitrogen functional groups attached to an aromatic ring is 1. The predicted octanol–water partition coefficient (Wildman–Crippen LogP) is 4.45. The van der Waals surface area contributed by atoms with Crippen molar-refractivity contribution >= 4 is 34.2 Å². The largest absolute Gasteiger partial charge is 0.446 e. The van der Waals surface area contributed by atoms with Crippen molar-refractivity contribution in [2.75, 3.05) is 12.3 Å². The molecule has 0 amide bonds. The molecular weight excluding hydrogens is 378 g/mol. The number of benzene rings is 1. The molecular formula is C18H15ClF2N4O2. The molecule has 0 aliphatic carbocycles. The molecule has 2 heterocycles. The van der Waals surface area contributed by atoms with Gasteiger partial charge in [-0.3, -0.25) is 0 Å². The van der Waals surface area contributed by atoms with Crippen molar-refractivity contribution in [3.05, 3.63) is 46.7 Å². The van der Waals surface area contributed by atoms with Crippen LogP contribution in [-0.2, 0) is 4.74 Å². The quantitative estimate of drug-likeness (QED) is 0.640. The summed E-state index contributed by atoms with van der Waals surface area (Å²) in [5.41, 5.74) is 3.97. The molecule has 0 spiro atoms. The van der Waals surface area contributed by atoms with Crippen LogP contribution < -0.4 is 5.73 Å². The fourth-order valence-electron chi connectivity index (χ4n) is 2.32. The van der Waals surface area contributed by atoms with Crippen LogP contribution >= 0.6 is 11.6 Å². The minimum Gasteiger partial charge on any atom is -0.446 e. The fraction of sp³-hybridized carbons (Fsp3) is 0.167. The van der Waals surface area contributed by atoms with E-state index < -0.39 is 46.3 Å². The summed E-state index contributed by atoms with van der Waals surface area (Å²) in [6, 6.07) is 6.12. The molecule has 0 saturated heterocycles. The molecule has 27 heavy (non-hydrogen) atoms. The van der Waals surface area contributed by atoms with E-state index >= 15 is 0 Å². The predicted molar refractivity (Wildman–Crippen MR) is 98.1 cm³/mol. The third-order valence-electron chi connectivity index (χ3n) is 3.49. The van der Waals surface area contributed by atoms with Gasteiger partial charge in [-0.1, -0.05) is 31.5 Å². The van der Waals surface area contributed by atoms with Gasteiger partial charge in [-0.15, -0.1) is 0 Å². The maximum Gasteiger partial charge on any atom is 0.359 e. The number of nitrogens with one attached hydrogen (secondary N) is 1. The molecule has 6 nitrogen and oxygen atoms in total. The van der Waals surface area contributed by atoms with E-state index in [1.165, 1.54) is 12.3 Å². The van der Waals surface area contributed by atoms with E-state index in [-0.39, 0.29) is 11.1 Å². The van der Waals surface area contributed by atoms with Crippen molar-refractivity contribution in [3.8, 4) is 17.3 Å². The van der Waals surface area contributed by atoms with E-state index in [2.05, 4.69) is 14.7 Å². The summed E-state index contributed by atoms with van der Waals surface area (Å²) in [5.74, 6) is -2.89. The van der Waals surface area contributed by atoms with Gasteiger partial charge in [0, 0.05) is 17.1 Å². The first-order valence-corrected chi connectivity index (χ1v) is 8.28. The van der Waals surface area contributed by atoms with Gasteiger partial charge in [-0.05, 0) is 12.1 Å². The Balaban J connectivity index is 0.00000126. The lowest BCUT2D eigenvalue weighted by atomic mass is 10.1. The lowest BCUT2D eigenvalue weighted by Gasteiger charge is -2.11. The standard InChI is InChI=1S/C16H9ClF2N4O2.C2H6/c17-9-12(21)11(19)14(23-15(9)16(24)25-6-4-20)8-2-1-7-3-5-22-13(7)10(8)18;1-2/h1-3,5,22H,6H2,(H2,21,23);1-2H3. The van der Waals surface area contributed by atoms with Crippen molar-refractivity contribution < 1.29 is 18.3 Å². The summed E-state index contributed by atoms with van der Waals surface area (Å²) < 4.78 is 33.8. The molecule has 9 heteroatoms. The van der Waals surface area contributed by atoms with Gasteiger partial charge < -0.3 is 15.5 Å². The van der Waals surface area contributed by atoms with Crippen LogP contribution in [0.5, 0.6) is 0 Å². The average molecular weight is 393 g/mol. The number of pyridine rings is 1. The Labute approximate surface area is 158 Å². The minimum absolute atomic E-state index is 0.154. The minimum atomic E-state index is -1.07. The van der Waals surface area contributed by atoms with Gasteiger partial charge in [0.2, 0.25) is 0 Å². The fourth-order valence-corrected chi connectivity index (χ4v) is 2.52. The van der Waals surface area contributed by atoms with Gasteiger partial charge in [0.15, 0.2) is 23.9 Å². The Morgan fingerprint density at radius 2 is 2.04 bits per heavy atom. The molecule has 2 aromatic heterocycles. The van der Waals surface area contributed by atoms with Crippen LogP contribution in [0.2, 0.25) is 5.02 Å². The number of nitrogens with zero attached hydrogens (tertiary/aromatic N) is 2. The number of nitriles is 1. The van der Waals surface area contributed by atoms with Gasteiger partial charge in [-0.2, -0.15) is 5.26 Å². The normalized spacial score (nSPS) is 10.1. The van der Waals surface area contributed by atoms with Crippen molar-refractivity contribution in [2.24, 2.45) is 0 Å². The third-order valence-corrected chi connectivity index (χ3v) is 3.88. The van der Waals surface area contributed by atoms with E-state index in [0.29, 0.717) is 5.39 Å². The second-order valence-electron chi connectivity index (χ2n) is 4.95. The first-order chi connectivity index (χ1) is 13.0. The highest BCUT2D eigenvalue weighted by molar-refractivity contribution is 6.35. The molecule has 0 fully saturated rings. The lowest BCUT2D eigenvalue weighted by Crippen LogP contribution is -2.12. The van der Waals surface area contributed by atoms with Crippen molar-refractivity contribution in [2.45, 2.75) is 13.8 Å². The third kappa shape index (κ3) is 3.68. The van der Waals surface area contributed by atoms with Gasteiger partial charge >= 0.3 is 5.97 Å². The maximum absolute atomic E-state index is 14.7. The number of fused-ring (bicyclic) bond motifs is 1. The number of carbonyl (C=O) groups is 1. The second kappa shape index (κ2) is 8.47. The van der Waals surface area contributed by atoms with Gasteiger partial charge in [-0.25, -0.2) is 18.6 Å². The highest BCUT2D eigenvalue weighted by Gasteiger charge is 2.25. The molecule has 0 aliphatic rings. The van der Waals surface area contributed by atoms with E-state index in [0.717, 1.165) is 0 Å². The number of ether oxygens (including phenoxy) is 1. The molecule has 0 radical (unpaired) electrons. The molecule has 0 aliphatic heterocycles. The zero-order valence-corrected chi connectivity index (χ0v) is 15.2. The van der Waals surface area contributed by atoms with E-state index in [9.17, 15) is 13.6 Å². The van der Waals surface area contributed by atoms with Crippen LogP contribution in [0.25, 0.3) is 22.2 Å². The smallest absolute Gasteiger partial charge is 0.359 e. The number of aromatic amines is 1. The number of hydrogen-bond donors (Lipinski definition) is 2. The maximum atomic E-state index is 14.7. The summed E-state index contributed by atoms with van der Waals surface area (Å²) in [7, 11) is 0. The van der Waals surface area contributed by atoms with E-state index in [1.807, 2.05) is 13.8 Å². The summed E-state index contributed by atoms with van der Waals surface area (Å²) in [5, 5.41) is 8.57. The molecule has 3 N–H and O–H groups in total. The number of carbonyl (C=O) groups excluding carboxylic acids is 1. The number of esters is 1. The van der Waals surface area contributed by atoms with Crippen molar-refractivity contribution in [3.63, 3.8) is 0 Å². The van der Waals surface area contributed by atoms with Crippen LogP contribution in [0.15, 0.2) is 24.4 Å². The first kappa shape index (κ1) is 20.1. The SMILES string of the molecule is CC.N#CCOC(=O)c1nc(-c2ccc3cc[nH]c3c2F)c(F)c(N)c1Cl. The highest BCUT2D eigenvalue weighted by atomic mass is 35.5. The van der Waals surface area contributed by atoms with Crippen molar-refractivity contribution in [1.29, 1.82) is 5.26 Å². The zero-order valence-electron chi connectivity index (χ0n) is 14.4. The van der Waals surface area contributed by atoms with Crippen molar-refractivity contribution in [1.82, 2.24) is 9.97 Å². The van der Waals surface area contributed by atoms with Crippen LogP contribution in [0.1, 0.15) is 24.3 Å². The summed E-state index contributed by atoms with van der Waals surface area (Å²) in [6.45, 7) is 3.45. The molecule has 3 aromatic rings. The summed E-state index contributed by atoms with van der Waals surface area (Å²) in [4.78, 5) is 18.4.